The summed E-state index contributed by atoms with van der Waals surface area (Å²) < 4.78 is 14.8. The van der Waals surface area contributed by atoms with Crippen molar-refractivity contribution in [2.24, 2.45) is 0 Å². The molecule has 2 aliphatic heterocycles. The number of hydrogen-bond donors (Lipinski definition) is 0. The lowest BCUT2D eigenvalue weighted by Gasteiger charge is -2.23. The highest BCUT2D eigenvalue weighted by atomic mass is 19.1. The van der Waals surface area contributed by atoms with Crippen LogP contribution in [-0.2, 0) is 0 Å². The molecule has 2 aliphatic rings. The average Bonchev–Trinajstić information content (AvgIpc) is 3.29. The van der Waals surface area contributed by atoms with Crippen LogP contribution in [0.1, 0.15) is 29.6 Å². The molecule has 0 N–H and O–H groups in total. The minimum Gasteiger partial charge on any atom is -0.290 e. The van der Waals surface area contributed by atoms with Gasteiger partial charge < -0.3 is 0 Å². The third-order valence-corrected chi connectivity index (χ3v) is 6.00. The normalized spacial score (nSPS) is 15.4. The van der Waals surface area contributed by atoms with E-state index in [0.717, 1.165) is 48.9 Å². The van der Waals surface area contributed by atoms with Crippen molar-refractivity contribution < 1.29 is 13.8 Å². The molecule has 5 rings (SSSR count). The summed E-state index contributed by atoms with van der Waals surface area (Å²) in [7, 11) is 1.86. The molecule has 0 bridgehead atoms. The van der Waals surface area contributed by atoms with Crippen LogP contribution < -0.4 is 5.46 Å². The topological polar surface area (TPSA) is 23.3 Å². The van der Waals surface area contributed by atoms with Crippen molar-refractivity contribution in [1.82, 2.24) is 4.90 Å². The van der Waals surface area contributed by atoms with E-state index in [0.29, 0.717) is 6.54 Å². The molecule has 2 heterocycles. The third kappa shape index (κ3) is 5.22. The molecule has 1 radical (unpaired) electrons. The van der Waals surface area contributed by atoms with Gasteiger partial charge in [-0.05, 0) is 35.4 Å². The second-order valence-electron chi connectivity index (χ2n) is 8.11. The first kappa shape index (κ1) is 21.3. The van der Waals surface area contributed by atoms with Gasteiger partial charge in [0.05, 0.1) is 26.1 Å². The van der Waals surface area contributed by atoms with Gasteiger partial charge in [-0.15, -0.1) is 0 Å². The molecule has 3 nitrogen and oxygen atoms in total. The first-order chi connectivity index (χ1) is 15.1. The number of halogens is 1. The van der Waals surface area contributed by atoms with E-state index in [-0.39, 0.29) is 11.6 Å². The molecular weight excluding hydrogens is 386 g/mol. The summed E-state index contributed by atoms with van der Waals surface area (Å²) in [5.41, 5.74) is 1.75. The van der Waals surface area contributed by atoms with Crippen LogP contribution in [0.3, 0.4) is 0 Å². The Morgan fingerprint density at radius 2 is 1.81 bits per heavy atom. The lowest BCUT2D eigenvalue weighted by Crippen LogP contribution is -2.43. The highest BCUT2D eigenvalue weighted by molar-refractivity contribution is 6.51. The monoisotopic (exact) mass is 414 g/mol. The molecule has 0 aliphatic carbocycles. The maximum Gasteiger partial charge on any atom is 0.247 e. The van der Waals surface area contributed by atoms with Crippen molar-refractivity contribution >= 4 is 35.1 Å². The van der Waals surface area contributed by atoms with Gasteiger partial charge in [0.25, 0.3) is 0 Å². The number of benzene rings is 3. The number of ketones is 1. The Morgan fingerprint density at radius 1 is 1.00 bits per heavy atom. The van der Waals surface area contributed by atoms with Crippen LogP contribution in [0.15, 0.2) is 66.7 Å². The van der Waals surface area contributed by atoms with E-state index in [4.69, 9.17) is 0 Å². The summed E-state index contributed by atoms with van der Waals surface area (Å²) in [5.74, 6) is 1.44. The molecule has 3 aromatic carbocycles. The molecule has 0 unspecified atom stereocenters. The Labute approximate surface area is 184 Å². The molecule has 157 valence electrons. The zero-order valence-electron chi connectivity index (χ0n) is 18.1. The summed E-state index contributed by atoms with van der Waals surface area (Å²) >= 11 is 0. The zero-order valence-corrected chi connectivity index (χ0v) is 18.1. The van der Waals surface area contributed by atoms with Crippen LogP contribution >= 0.6 is 0 Å². The fourth-order valence-corrected chi connectivity index (χ4v) is 4.38. The van der Waals surface area contributed by atoms with E-state index in [2.05, 4.69) is 21.6 Å². The Bertz CT molecular complexity index is 1110. The lowest BCUT2D eigenvalue weighted by atomic mass is 9.73. The van der Waals surface area contributed by atoms with Gasteiger partial charge in [-0.2, -0.15) is 0 Å². The third-order valence-electron chi connectivity index (χ3n) is 6.00. The van der Waals surface area contributed by atoms with Gasteiger partial charge in [-0.1, -0.05) is 60.8 Å². The van der Waals surface area contributed by atoms with E-state index in [1.165, 1.54) is 29.8 Å². The number of carbonyl (C=O) groups excluding carboxylic acids is 1. The molecule has 0 atom stereocenters. The quantitative estimate of drug-likeness (QED) is 0.364. The first-order valence-electron chi connectivity index (χ1n) is 11.1. The molecule has 0 spiro atoms. The Balaban J connectivity index is 0.000000217. The van der Waals surface area contributed by atoms with Gasteiger partial charge in [0, 0.05) is 12.0 Å². The number of fused-ring (bicyclic) bond motifs is 1. The van der Waals surface area contributed by atoms with Crippen LogP contribution in [0.2, 0.25) is 6.82 Å². The molecule has 5 heteroatoms. The summed E-state index contributed by atoms with van der Waals surface area (Å²) in [4.78, 5) is 15.0. The van der Waals surface area contributed by atoms with Crippen LogP contribution in [0.25, 0.3) is 10.8 Å². The standard InChI is InChI=1S/C19H21N2O.C7H7BF/c22-18(14-21-12-4-11-20-10-3-7-19(20)21)17-9-8-15-5-1-2-6-16(15)13-17;1-8-6-3-2-4-7(9)5-6/h1-2,5-6,8-9,13H,3-4,7,10-12,14H2;2-5H,1H3/q+1;. The van der Waals surface area contributed by atoms with Crippen molar-refractivity contribution in [3.63, 3.8) is 0 Å². The minimum atomic E-state index is -0.175. The first-order valence-corrected chi connectivity index (χ1v) is 11.1. The van der Waals surface area contributed by atoms with Crippen molar-refractivity contribution in [2.45, 2.75) is 26.1 Å². The summed E-state index contributed by atoms with van der Waals surface area (Å²) in [6, 6.07) is 20.7. The van der Waals surface area contributed by atoms with Gasteiger partial charge in [-0.25, -0.2) is 4.39 Å². The molecule has 0 saturated carbocycles. The number of nitrogens with zero attached hydrogens (tertiary/aromatic N) is 2. The fraction of sp³-hybridized carbons (Fsp3) is 0.308. The molecule has 3 aromatic rings. The molecule has 0 fully saturated rings. The van der Waals surface area contributed by atoms with Crippen LogP contribution in [0.5, 0.6) is 0 Å². The number of Topliss-reactive ketones (excluding diaryl/α,β-unsaturated/α-hetero) is 1. The fourth-order valence-electron chi connectivity index (χ4n) is 4.38. The largest absolute Gasteiger partial charge is 0.290 e. The van der Waals surface area contributed by atoms with Gasteiger partial charge in [-0.3, -0.25) is 14.3 Å². The van der Waals surface area contributed by atoms with E-state index < -0.39 is 0 Å². The number of amidine groups is 1. The summed E-state index contributed by atoms with van der Waals surface area (Å²) in [6.07, 6.45) is 3.52. The van der Waals surface area contributed by atoms with Gasteiger partial charge in [0.1, 0.15) is 19.6 Å². The average molecular weight is 414 g/mol. The van der Waals surface area contributed by atoms with Crippen LogP contribution in [-0.4, -0.2) is 54.6 Å². The van der Waals surface area contributed by atoms with E-state index >= 15 is 0 Å². The maximum absolute atomic E-state index is 12.7. The second kappa shape index (κ2) is 9.91. The highest BCUT2D eigenvalue weighted by Gasteiger charge is 2.32. The van der Waals surface area contributed by atoms with Crippen LogP contribution in [0.4, 0.5) is 4.39 Å². The lowest BCUT2D eigenvalue weighted by molar-refractivity contribution is -0.529. The Kier molecular flexibility index (Phi) is 6.81. The van der Waals surface area contributed by atoms with Gasteiger partial charge in [0.2, 0.25) is 11.6 Å². The van der Waals surface area contributed by atoms with Crippen molar-refractivity contribution in [3.05, 3.63) is 78.1 Å². The smallest absolute Gasteiger partial charge is 0.247 e. The summed E-state index contributed by atoms with van der Waals surface area (Å²) in [6.45, 7) is 5.75. The number of hydrogen-bond acceptors (Lipinski definition) is 2. The van der Waals surface area contributed by atoms with Crippen LogP contribution in [0, 0.1) is 5.82 Å². The Hall–Kier alpha value is -2.95. The molecule has 0 aromatic heterocycles. The number of carbonyl (C=O) groups is 1. The molecule has 0 amide bonds. The highest BCUT2D eigenvalue weighted by Crippen LogP contribution is 2.18. The Morgan fingerprint density at radius 3 is 2.58 bits per heavy atom. The van der Waals surface area contributed by atoms with E-state index in [1.807, 2.05) is 50.5 Å². The van der Waals surface area contributed by atoms with E-state index in [9.17, 15) is 9.18 Å². The molecular formula is C26H28BFN2O+. The zero-order chi connectivity index (χ0) is 21.6. The van der Waals surface area contributed by atoms with Crippen molar-refractivity contribution in [2.75, 3.05) is 26.2 Å². The maximum atomic E-state index is 12.7. The molecule has 31 heavy (non-hydrogen) atoms. The molecule has 0 saturated heterocycles. The van der Waals surface area contributed by atoms with Crippen molar-refractivity contribution in [3.8, 4) is 0 Å². The van der Waals surface area contributed by atoms with E-state index in [1.54, 1.807) is 6.07 Å². The number of rotatable bonds is 4. The van der Waals surface area contributed by atoms with Gasteiger partial charge in [0.15, 0.2) is 0 Å². The van der Waals surface area contributed by atoms with Crippen molar-refractivity contribution in [1.29, 1.82) is 0 Å². The van der Waals surface area contributed by atoms with Gasteiger partial charge >= 0.3 is 0 Å². The predicted molar refractivity (Wildman–Crippen MR) is 126 cm³/mol. The summed E-state index contributed by atoms with van der Waals surface area (Å²) in [5, 5.41) is 2.33. The minimum absolute atomic E-state index is 0.175. The second-order valence-corrected chi connectivity index (χ2v) is 8.11. The predicted octanol–water partition coefficient (Wildman–Crippen LogP) is 4.14. The SMILES string of the molecule is C[B]c1cccc(F)c1.O=C(CN1CCC[N+]2=C1CCC2)c1ccc2ccccc2c1.